The van der Waals surface area contributed by atoms with Gasteiger partial charge in [0.15, 0.2) is 6.29 Å². The van der Waals surface area contributed by atoms with E-state index in [0.717, 1.165) is 0 Å². The molecule has 0 fully saturated rings. The van der Waals surface area contributed by atoms with E-state index >= 15 is 0 Å². The van der Waals surface area contributed by atoms with Crippen molar-refractivity contribution in [1.29, 1.82) is 0 Å². The zero-order chi connectivity index (χ0) is 10.7. The number of rotatable bonds is 2. The monoisotopic (exact) mass is 201 g/mol. The van der Waals surface area contributed by atoms with Gasteiger partial charge < -0.3 is 0 Å². The number of hydrogen-bond donors (Lipinski definition) is 0. The van der Waals surface area contributed by atoms with Gasteiger partial charge in [-0.3, -0.25) is 9.78 Å². The van der Waals surface area contributed by atoms with Crippen LogP contribution in [-0.4, -0.2) is 11.3 Å². The molecule has 0 spiro atoms. The van der Waals surface area contributed by atoms with Crippen LogP contribution in [-0.2, 0) is 0 Å². The molecule has 0 saturated carbocycles. The molecular weight excluding hydrogens is 193 g/mol. The molecule has 0 unspecified atom stereocenters. The molecule has 2 aromatic rings. The summed E-state index contributed by atoms with van der Waals surface area (Å²) in [5, 5.41) is 0. The zero-order valence-electron chi connectivity index (χ0n) is 7.85. The third kappa shape index (κ3) is 1.76. The lowest BCUT2D eigenvalue weighted by Gasteiger charge is -2.04. The summed E-state index contributed by atoms with van der Waals surface area (Å²) in [6.07, 6.45) is 3.69. The SMILES string of the molecule is O=Cc1ccncc1-c1ccccc1F. The molecule has 0 amide bonds. The Kier molecular flexibility index (Phi) is 2.54. The number of carbonyl (C=O) groups is 1. The number of carbonyl (C=O) groups excluding carboxylic acids is 1. The summed E-state index contributed by atoms with van der Waals surface area (Å²) < 4.78 is 13.4. The summed E-state index contributed by atoms with van der Waals surface area (Å²) in [6.45, 7) is 0. The van der Waals surface area contributed by atoms with E-state index in [2.05, 4.69) is 4.98 Å². The molecule has 0 bridgehead atoms. The number of aldehydes is 1. The van der Waals surface area contributed by atoms with Crippen LogP contribution >= 0.6 is 0 Å². The van der Waals surface area contributed by atoms with Crippen LogP contribution in [0, 0.1) is 5.82 Å². The first-order valence-corrected chi connectivity index (χ1v) is 4.47. The Labute approximate surface area is 86.4 Å². The minimum Gasteiger partial charge on any atom is -0.298 e. The van der Waals surface area contributed by atoms with Gasteiger partial charge in [-0.15, -0.1) is 0 Å². The lowest BCUT2D eigenvalue weighted by molar-refractivity contribution is 0.112. The van der Waals surface area contributed by atoms with Crippen LogP contribution in [0.2, 0.25) is 0 Å². The van der Waals surface area contributed by atoms with Crippen molar-refractivity contribution in [3.05, 3.63) is 54.1 Å². The summed E-state index contributed by atoms with van der Waals surface area (Å²) in [5.41, 5.74) is 1.36. The molecule has 0 atom stereocenters. The van der Waals surface area contributed by atoms with Gasteiger partial charge in [0.2, 0.25) is 0 Å². The molecular formula is C12H8FNO. The van der Waals surface area contributed by atoms with Crippen molar-refractivity contribution in [2.24, 2.45) is 0 Å². The van der Waals surface area contributed by atoms with E-state index in [1.165, 1.54) is 18.5 Å². The lowest BCUT2D eigenvalue weighted by Crippen LogP contribution is -1.91. The minimum absolute atomic E-state index is 0.353. The van der Waals surface area contributed by atoms with Crippen molar-refractivity contribution in [2.45, 2.75) is 0 Å². The molecule has 2 rings (SSSR count). The van der Waals surface area contributed by atoms with Crippen molar-refractivity contribution >= 4 is 6.29 Å². The van der Waals surface area contributed by atoms with Gasteiger partial charge in [-0.2, -0.15) is 0 Å². The van der Waals surface area contributed by atoms with Gasteiger partial charge in [0, 0.05) is 29.1 Å². The molecule has 3 heteroatoms. The Morgan fingerprint density at radius 2 is 1.93 bits per heavy atom. The normalized spacial score (nSPS) is 9.93. The minimum atomic E-state index is -0.353. The summed E-state index contributed by atoms with van der Waals surface area (Å²) in [6, 6.07) is 7.88. The Bertz CT molecular complexity index is 496. The third-order valence-electron chi connectivity index (χ3n) is 2.15. The number of hydrogen-bond acceptors (Lipinski definition) is 2. The Morgan fingerprint density at radius 3 is 2.67 bits per heavy atom. The average molecular weight is 201 g/mol. The van der Waals surface area contributed by atoms with Crippen molar-refractivity contribution in [2.75, 3.05) is 0 Å². The second kappa shape index (κ2) is 4.00. The van der Waals surface area contributed by atoms with Crippen LogP contribution < -0.4 is 0 Å². The number of nitrogens with zero attached hydrogens (tertiary/aromatic N) is 1. The molecule has 2 nitrogen and oxygen atoms in total. The number of benzene rings is 1. The van der Waals surface area contributed by atoms with Crippen molar-refractivity contribution < 1.29 is 9.18 Å². The molecule has 0 radical (unpaired) electrons. The molecule has 0 N–H and O–H groups in total. The highest BCUT2D eigenvalue weighted by Gasteiger charge is 2.08. The van der Waals surface area contributed by atoms with E-state index in [1.54, 1.807) is 24.3 Å². The van der Waals surface area contributed by atoms with Crippen molar-refractivity contribution in [3.8, 4) is 11.1 Å². The maximum Gasteiger partial charge on any atom is 0.150 e. The van der Waals surface area contributed by atoms with Gasteiger partial charge in [0.1, 0.15) is 5.82 Å². The van der Waals surface area contributed by atoms with Crippen LogP contribution in [0.4, 0.5) is 4.39 Å². The van der Waals surface area contributed by atoms with Gasteiger partial charge in [-0.1, -0.05) is 18.2 Å². The summed E-state index contributed by atoms with van der Waals surface area (Å²) >= 11 is 0. The Hall–Kier alpha value is -2.03. The van der Waals surface area contributed by atoms with Crippen LogP contribution in [0.3, 0.4) is 0 Å². The fourth-order valence-electron chi connectivity index (χ4n) is 1.41. The van der Waals surface area contributed by atoms with Crippen LogP contribution in [0.1, 0.15) is 10.4 Å². The first kappa shape index (κ1) is 9.52. The molecule has 1 heterocycles. The largest absolute Gasteiger partial charge is 0.298 e. The standard InChI is InChI=1S/C12H8FNO/c13-12-4-2-1-3-10(12)11-7-14-6-5-9(11)8-15/h1-8H. The number of pyridine rings is 1. The topological polar surface area (TPSA) is 30.0 Å². The summed E-state index contributed by atoms with van der Waals surface area (Å²) in [4.78, 5) is 14.6. The maximum atomic E-state index is 13.4. The molecule has 74 valence electrons. The Balaban J connectivity index is 2.64. The Morgan fingerprint density at radius 1 is 1.13 bits per heavy atom. The van der Waals surface area contributed by atoms with E-state index in [1.807, 2.05) is 0 Å². The van der Waals surface area contributed by atoms with E-state index in [0.29, 0.717) is 23.0 Å². The van der Waals surface area contributed by atoms with Crippen molar-refractivity contribution in [1.82, 2.24) is 4.98 Å². The van der Waals surface area contributed by atoms with E-state index < -0.39 is 0 Å². The predicted molar refractivity (Wildman–Crippen MR) is 55.0 cm³/mol. The fourth-order valence-corrected chi connectivity index (χ4v) is 1.41. The molecule has 1 aromatic carbocycles. The van der Waals surface area contributed by atoms with Gasteiger partial charge in [-0.25, -0.2) is 4.39 Å². The lowest BCUT2D eigenvalue weighted by atomic mass is 10.0. The average Bonchev–Trinajstić information content (AvgIpc) is 2.30. The van der Waals surface area contributed by atoms with E-state index in [4.69, 9.17) is 0 Å². The summed E-state index contributed by atoms with van der Waals surface area (Å²) in [7, 11) is 0. The van der Waals surface area contributed by atoms with Gasteiger partial charge in [0.05, 0.1) is 0 Å². The smallest absolute Gasteiger partial charge is 0.150 e. The van der Waals surface area contributed by atoms with Crippen LogP contribution in [0.25, 0.3) is 11.1 Å². The molecule has 0 aliphatic rings. The molecule has 0 aliphatic carbocycles. The van der Waals surface area contributed by atoms with Crippen LogP contribution in [0.15, 0.2) is 42.7 Å². The molecule has 1 aromatic heterocycles. The third-order valence-corrected chi connectivity index (χ3v) is 2.15. The second-order valence-corrected chi connectivity index (χ2v) is 3.06. The molecule has 0 saturated heterocycles. The quantitative estimate of drug-likeness (QED) is 0.699. The highest BCUT2D eigenvalue weighted by atomic mass is 19.1. The van der Waals surface area contributed by atoms with Crippen molar-refractivity contribution in [3.63, 3.8) is 0 Å². The van der Waals surface area contributed by atoms with Gasteiger partial charge >= 0.3 is 0 Å². The van der Waals surface area contributed by atoms with Crippen LogP contribution in [0.5, 0.6) is 0 Å². The fraction of sp³-hybridized carbons (Fsp3) is 0. The van der Waals surface area contributed by atoms with E-state index in [-0.39, 0.29) is 5.82 Å². The highest BCUT2D eigenvalue weighted by molar-refractivity contribution is 5.87. The second-order valence-electron chi connectivity index (χ2n) is 3.06. The van der Waals surface area contributed by atoms with Gasteiger partial charge in [-0.05, 0) is 12.1 Å². The predicted octanol–water partition coefficient (Wildman–Crippen LogP) is 2.70. The molecule has 0 aliphatic heterocycles. The van der Waals surface area contributed by atoms with E-state index in [9.17, 15) is 9.18 Å². The number of aromatic nitrogens is 1. The summed E-state index contributed by atoms with van der Waals surface area (Å²) in [5.74, 6) is -0.353. The first-order chi connectivity index (χ1) is 7.33. The van der Waals surface area contributed by atoms with Gasteiger partial charge in [0.25, 0.3) is 0 Å². The molecule has 15 heavy (non-hydrogen) atoms. The zero-order valence-corrected chi connectivity index (χ0v) is 7.85. The number of halogens is 1. The first-order valence-electron chi connectivity index (χ1n) is 4.47. The maximum absolute atomic E-state index is 13.4. The highest BCUT2D eigenvalue weighted by Crippen LogP contribution is 2.24.